The predicted octanol–water partition coefficient (Wildman–Crippen LogP) is 3.55. The van der Waals surface area contributed by atoms with Gasteiger partial charge in [-0.05, 0) is 49.2 Å². The number of hydrogen-bond donors (Lipinski definition) is 0. The molecule has 2 aromatic rings. The minimum absolute atomic E-state index is 0.0653. The molecule has 3 rings (SSSR count). The quantitative estimate of drug-likeness (QED) is 0.856. The average Bonchev–Trinajstić information content (AvgIpc) is 3.16. The molecule has 5 nitrogen and oxygen atoms in total. The van der Waals surface area contributed by atoms with E-state index in [9.17, 15) is 4.79 Å². The Bertz CT molecular complexity index is 826. The molecule has 0 spiro atoms. The van der Waals surface area contributed by atoms with Crippen molar-refractivity contribution in [1.82, 2.24) is 4.90 Å². The van der Waals surface area contributed by atoms with Crippen molar-refractivity contribution in [3.63, 3.8) is 0 Å². The number of methoxy groups -OCH3 is 2. The Hall–Kier alpha value is -3.00. The molecular weight excluding hydrogens is 316 g/mol. The molecule has 128 valence electrons. The zero-order valence-corrected chi connectivity index (χ0v) is 14.4. The van der Waals surface area contributed by atoms with Crippen molar-refractivity contribution >= 4 is 5.91 Å². The van der Waals surface area contributed by atoms with Gasteiger partial charge in [0.25, 0.3) is 5.91 Å². The van der Waals surface area contributed by atoms with Gasteiger partial charge in [0.1, 0.15) is 11.5 Å². The molecule has 1 aliphatic heterocycles. The van der Waals surface area contributed by atoms with Crippen LogP contribution in [-0.2, 0) is 0 Å². The largest absolute Gasteiger partial charge is 0.497 e. The molecule has 0 bridgehead atoms. The summed E-state index contributed by atoms with van der Waals surface area (Å²) >= 11 is 0. The fourth-order valence-corrected chi connectivity index (χ4v) is 3.32. The third-order valence-corrected chi connectivity index (χ3v) is 4.55. The first kappa shape index (κ1) is 16.8. The molecule has 1 aliphatic rings. The second-order valence-electron chi connectivity index (χ2n) is 5.96. The minimum atomic E-state index is -0.0664. The second-order valence-corrected chi connectivity index (χ2v) is 5.96. The Kier molecular flexibility index (Phi) is 4.90. The lowest BCUT2D eigenvalue weighted by Gasteiger charge is -2.27. The van der Waals surface area contributed by atoms with Crippen LogP contribution < -0.4 is 9.47 Å². The van der Waals surface area contributed by atoms with Crippen molar-refractivity contribution < 1.29 is 14.3 Å². The molecule has 25 heavy (non-hydrogen) atoms. The molecular formula is C20H20N2O3. The normalized spacial score (nSPS) is 16.4. The standard InChI is InChI=1S/C20H20N2O3/c1-24-16-8-9-19(25-2)17(12-16)18-7-4-10-22(18)20(23)15-6-3-5-14(11-15)13-21/h3,5-6,8-9,11-12,18H,4,7,10H2,1-2H3. The maximum Gasteiger partial charge on any atom is 0.254 e. The summed E-state index contributed by atoms with van der Waals surface area (Å²) in [5.41, 5.74) is 1.97. The van der Waals surface area contributed by atoms with Crippen LogP contribution in [0.25, 0.3) is 0 Å². The van der Waals surface area contributed by atoms with E-state index in [1.54, 1.807) is 38.5 Å². The Morgan fingerprint density at radius 3 is 2.76 bits per heavy atom. The van der Waals surface area contributed by atoms with Crippen LogP contribution in [0, 0.1) is 11.3 Å². The Labute approximate surface area is 147 Å². The van der Waals surface area contributed by atoms with Crippen LogP contribution in [0.3, 0.4) is 0 Å². The summed E-state index contributed by atoms with van der Waals surface area (Å²) < 4.78 is 10.8. The lowest BCUT2D eigenvalue weighted by atomic mass is 10.0. The van der Waals surface area contributed by atoms with Gasteiger partial charge >= 0.3 is 0 Å². The SMILES string of the molecule is COc1ccc(OC)c(C2CCCN2C(=O)c2cccc(C#N)c2)c1. The number of rotatable bonds is 4. The van der Waals surface area contributed by atoms with Crippen molar-refractivity contribution in [2.45, 2.75) is 18.9 Å². The van der Waals surface area contributed by atoms with Gasteiger partial charge in [0.05, 0.1) is 31.9 Å². The van der Waals surface area contributed by atoms with Crippen molar-refractivity contribution in [3.05, 3.63) is 59.2 Å². The summed E-state index contributed by atoms with van der Waals surface area (Å²) in [4.78, 5) is 14.9. The Balaban J connectivity index is 1.95. The highest BCUT2D eigenvalue weighted by molar-refractivity contribution is 5.95. The number of carbonyl (C=O) groups excluding carboxylic acids is 1. The molecule has 0 saturated carbocycles. The summed E-state index contributed by atoms with van der Waals surface area (Å²) in [6.07, 6.45) is 1.79. The first-order valence-electron chi connectivity index (χ1n) is 8.21. The number of nitriles is 1. The van der Waals surface area contributed by atoms with Gasteiger partial charge in [-0.3, -0.25) is 4.79 Å². The molecule has 2 aromatic carbocycles. The van der Waals surface area contributed by atoms with Crippen molar-refractivity contribution in [1.29, 1.82) is 5.26 Å². The topological polar surface area (TPSA) is 62.6 Å². The Morgan fingerprint density at radius 2 is 2.04 bits per heavy atom. The fraction of sp³-hybridized carbons (Fsp3) is 0.300. The maximum atomic E-state index is 13.0. The number of ether oxygens (including phenoxy) is 2. The third kappa shape index (κ3) is 3.29. The monoisotopic (exact) mass is 336 g/mol. The molecule has 1 fully saturated rings. The highest BCUT2D eigenvalue weighted by Gasteiger charge is 2.32. The molecule has 1 amide bonds. The molecule has 0 aromatic heterocycles. The number of hydrogen-bond acceptors (Lipinski definition) is 4. The molecule has 1 atom stereocenters. The highest BCUT2D eigenvalue weighted by atomic mass is 16.5. The van der Waals surface area contributed by atoms with Crippen LogP contribution in [0.4, 0.5) is 0 Å². The summed E-state index contributed by atoms with van der Waals surface area (Å²) in [6, 6.07) is 14.5. The molecule has 1 unspecified atom stereocenters. The van der Waals surface area contributed by atoms with Gasteiger partial charge in [0, 0.05) is 17.7 Å². The third-order valence-electron chi connectivity index (χ3n) is 4.55. The highest BCUT2D eigenvalue weighted by Crippen LogP contribution is 2.39. The summed E-state index contributed by atoms with van der Waals surface area (Å²) in [7, 11) is 3.25. The zero-order valence-electron chi connectivity index (χ0n) is 14.4. The number of amides is 1. The van der Waals surface area contributed by atoms with Crippen LogP contribution >= 0.6 is 0 Å². The predicted molar refractivity (Wildman–Crippen MR) is 93.7 cm³/mol. The van der Waals surface area contributed by atoms with Crippen LogP contribution in [0.5, 0.6) is 11.5 Å². The molecule has 1 heterocycles. The van der Waals surface area contributed by atoms with Crippen molar-refractivity contribution in [2.75, 3.05) is 20.8 Å². The number of benzene rings is 2. The van der Waals surface area contributed by atoms with Gasteiger partial charge in [-0.1, -0.05) is 6.07 Å². The van der Waals surface area contributed by atoms with Crippen LogP contribution in [0.1, 0.15) is 40.4 Å². The fourth-order valence-electron chi connectivity index (χ4n) is 3.32. The van der Waals surface area contributed by atoms with Gasteiger partial charge < -0.3 is 14.4 Å². The van der Waals surface area contributed by atoms with E-state index in [0.29, 0.717) is 17.7 Å². The van der Waals surface area contributed by atoms with Gasteiger partial charge in [0.2, 0.25) is 0 Å². The molecule has 0 aliphatic carbocycles. The second kappa shape index (κ2) is 7.27. The zero-order chi connectivity index (χ0) is 17.8. The van der Waals surface area contributed by atoms with Crippen LogP contribution in [0.2, 0.25) is 0 Å². The number of likely N-dealkylation sites (tertiary alicyclic amines) is 1. The lowest BCUT2D eigenvalue weighted by molar-refractivity contribution is 0.0734. The minimum Gasteiger partial charge on any atom is -0.497 e. The van der Waals surface area contributed by atoms with Crippen LogP contribution in [-0.4, -0.2) is 31.6 Å². The van der Waals surface area contributed by atoms with Crippen molar-refractivity contribution in [3.8, 4) is 17.6 Å². The lowest BCUT2D eigenvalue weighted by Crippen LogP contribution is -2.30. The average molecular weight is 336 g/mol. The van der Waals surface area contributed by atoms with E-state index >= 15 is 0 Å². The van der Waals surface area contributed by atoms with E-state index in [2.05, 4.69) is 6.07 Å². The Morgan fingerprint density at radius 1 is 1.20 bits per heavy atom. The maximum absolute atomic E-state index is 13.0. The first-order valence-corrected chi connectivity index (χ1v) is 8.21. The van der Waals surface area contributed by atoms with E-state index in [1.165, 1.54) is 0 Å². The van der Waals surface area contributed by atoms with Gasteiger partial charge in [-0.2, -0.15) is 5.26 Å². The summed E-state index contributed by atoms with van der Waals surface area (Å²) in [5.74, 6) is 1.42. The van der Waals surface area contributed by atoms with E-state index in [4.69, 9.17) is 14.7 Å². The summed E-state index contributed by atoms with van der Waals surface area (Å²) in [5, 5.41) is 9.06. The van der Waals surface area contributed by atoms with Crippen molar-refractivity contribution in [2.24, 2.45) is 0 Å². The molecule has 0 radical (unpaired) electrons. The number of carbonyl (C=O) groups is 1. The van der Waals surface area contributed by atoms with E-state index < -0.39 is 0 Å². The van der Waals surface area contributed by atoms with Gasteiger partial charge in [-0.15, -0.1) is 0 Å². The molecule has 0 N–H and O–H groups in total. The van der Waals surface area contributed by atoms with Crippen LogP contribution in [0.15, 0.2) is 42.5 Å². The summed E-state index contributed by atoms with van der Waals surface area (Å²) in [6.45, 7) is 0.681. The van der Waals surface area contributed by atoms with Gasteiger partial charge in [0.15, 0.2) is 0 Å². The van der Waals surface area contributed by atoms with E-state index in [0.717, 1.165) is 29.9 Å². The number of nitrogens with zero attached hydrogens (tertiary/aromatic N) is 2. The first-order chi connectivity index (χ1) is 12.2. The van der Waals surface area contributed by atoms with E-state index in [1.807, 2.05) is 23.1 Å². The molecule has 5 heteroatoms. The van der Waals surface area contributed by atoms with E-state index in [-0.39, 0.29) is 11.9 Å². The smallest absolute Gasteiger partial charge is 0.254 e. The molecule has 1 saturated heterocycles. The van der Waals surface area contributed by atoms with Gasteiger partial charge in [-0.25, -0.2) is 0 Å².